The van der Waals surface area contributed by atoms with Crippen molar-refractivity contribution >= 4 is 27.8 Å². The van der Waals surface area contributed by atoms with E-state index < -0.39 is 45.6 Å². The average Bonchev–Trinajstić information content (AvgIpc) is 2.83. The van der Waals surface area contributed by atoms with Crippen LogP contribution in [0.1, 0.15) is 24.5 Å². The van der Waals surface area contributed by atoms with E-state index in [0.717, 1.165) is 24.3 Å². The molecule has 1 heterocycles. The molecule has 0 spiro atoms. The molecule has 0 aliphatic carbocycles. The summed E-state index contributed by atoms with van der Waals surface area (Å²) in [7, 11) is -3.20. The lowest BCUT2D eigenvalue weighted by atomic mass is 10.0. The highest BCUT2D eigenvalue weighted by molar-refractivity contribution is 7.91. The lowest BCUT2D eigenvalue weighted by molar-refractivity contribution is -0.144. The van der Waals surface area contributed by atoms with E-state index in [4.69, 9.17) is 4.74 Å². The molecule has 0 unspecified atom stereocenters. The van der Waals surface area contributed by atoms with Crippen LogP contribution in [0, 0.1) is 0 Å². The minimum atomic E-state index is -4.49. The number of hydrogen-bond donors (Lipinski definition) is 1. The lowest BCUT2D eigenvalue weighted by Crippen LogP contribution is -2.48. The molecule has 2 rings (SSSR count). The number of alkyl halides is 3. The molecule has 1 aliphatic heterocycles. The number of sulfone groups is 1. The molecule has 1 saturated heterocycles. The Morgan fingerprint density at radius 3 is 2.63 bits per heavy atom. The third-order valence-corrected chi connectivity index (χ3v) is 5.82. The molecule has 1 aliphatic rings. The Morgan fingerprint density at radius 1 is 1.33 bits per heavy atom. The van der Waals surface area contributed by atoms with Crippen molar-refractivity contribution in [2.75, 3.05) is 18.1 Å². The monoisotopic (exact) mass is 405 g/mol. The maximum absolute atomic E-state index is 12.6. The van der Waals surface area contributed by atoms with Crippen molar-refractivity contribution < 1.29 is 35.9 Å². The van der Waals surface area contributed by atoms with Crippen LogP contribution < -0.4 is 5.32 Å². The molecule has 27 heavy (non-hydrogen) atoms. The second-order valence-corrected chi connectivity index (χ2v) is 8.70. The third-order valence-electron chi connectivity index (χ3n) is 3.92. The first kappa shape index (κ1) is 20.9. The molecule has 1 aromatic rings. The molecule has 0 saturated carbocycles. The third kappa shape index (κ3) is 6.38. The highest BCUT2D eigenvalue weighted by Crippen LogP contribution is 2.29. The number of ether oxygens (including phenoxy) is 1. The molecular weight excluding hydrogens is 387 g/mol. The Balaban J connectivity index is 1.86. The van der Waals surface area contributed by atoms with Crippen LogP contribution in [0.25, 0.3) is 6.08 Å². The summed E-state index contributed by atoms with van der Waals surface area (Å²) in [5.41, 5.74) is -1.61. The Labute approximate surface area is 154 Å². The molecule has 1 amide bonds. The highest BCUT2D eigenvalue weighted by Gasteiger charge is 2.39. The van der Waals surface area contributed by atoms with Gasteiger partial charge in [-0.3, -0.25) is 4.79 Å². The molecule has 6 nitrogen and oxygen atoms in total. The first-order valence-electron chi connectivity index (χ1n) is 7.92. The predicted octanol–water partition coefficient (Wildman–Crippen LogP) is 1.96. The first-order valence-corrected chi connectivity index (χ1v) is 9.74. The number of benzene rings is 1. The van der Waals surface area contributed by atoms with Gasteiger partial charge in [-0.2, -0.15) is 13.2 Å². The zero-order chi connectivity index (χ0) is 20.3. The summed E-state index contributed by atoms with van der Waals surface area (Å²) in [5, 5.41) is 2.52. The number of amides is 1. The molecule has 1 fully saturated rings. The summed E-state index contributed by atoms with van der Waals surface area (Å²) in [6.07, 6.45) is -2.18. The summed E-state index contributed by atoms with van der Waals surface area (Å²) in [6.45, 7) is 0.964. The standard InChI is InChI=1S/C17H18F3NO5S/c1-16(7-8-27(24,25)11-16)21-14(22)10-26-15(23)6-5-12-3-2-4-13(9-12)17(18,19)20/h2-6,9H,7-8,10-11H2,1H3,(H,21,22)/b6-5+/t16-/m0/s1. The molecule has 0 bridgehead atoms. The lowest BCUT2D eigenvalue weighted by Gasteiger charge is -2.23. The molecule has 148 valence electrons. The van der Waals surface area contributed by atoms with Crippen LogP contribution in [0.3, 0.4) is 0 Å². The molecule has 0 aromatic heterocycles. The summed E-state index contributed by atoms with van der Waals surface area (Å²) < 4.78 is 65.6. The van der Waals surface area contributed by atoms with E-state index in [1.54, 1.807) is 6.92 Å². The normalized spacial score (nSPS) is 21.9. The van der Waals surface area contributed by atoms with Gasteiger partial charge in [0.15, 0.2) is 16.4 Å². The summed E-state index contributed by atoms with van der Waals surface area (Å²) in [4.78, 5) is 23.4. The van der Waals surface area contributed by atoms with Crippen molar-refractivity contribution in [1.29, 1.82) is 0 Å². The SMILES string of the molecule is C[C@]1(NC(=O)COC(=O)/C=C/c2cccc(C(F)(F)F)c2)CCS(=O)(=O)C1. The van der Waals surface area contributed by atoms with Gasteiger partial charge in [-0.15, -0.1) is 0 Å². The van der Waals surface area contributed by atoms with Crippen LogP contribution in [-0.4, -0.2) is 43.9 Å². The van der Waals surface area contributed by atoms with Gasteiger partial charge in [0.05, 0.1) is 22.6 Å². The van der Waals surface area contributed by atoms with Crippen LogP contribution in [0.4, 0.5) is 13.2 Å². The van der Waals surface area contributed by atoms with Crippen LogP contribution >= 0.6 is 0 Å². The van der Waals surface area contributed by atoms with E-state index >= 15 is 0 Å². The summed E-state index contributed by atoms with van der Waals surface area (Å²) in [5.74, 6) is -1.78. The number of esters is 1. The van der Waals surface area contributed by atoms with Crippen LogP contribution in [0.15, 0.2) is 30.3 Å². The van der Waals surface area contributed by atoms with Gasteiger partial charge in [0.2, 0.25) is 0 Å². The van der Waals surface area contributed by atoms with Crippen molar-refractivity contribution in [2.24, 2.45) is 0 Å². The van der Waals surface area contributed by atoms with Gasteiger partial charge in [0.1, 0.15) is 0 Å². The maximum Gasteiger partial charge on any atom is 0.416 e. The van der Waals surface area contributed by atoms with Gasteiger partial charge in [0, 0.05) is 6.08 Å². The number of carbonyl (C=O) groups is 2. The Morgan fingerprint density at radius 2 is 2.04 bits per heavy atom. The fraction of sp³-hybridized carbons (Fsp3) is 0.412. The highest BCUT2D eigenvalue weighted by atomic mass is 32.2. The summed E-state index contributed by atoms with van der Waals surface area (Å²) in [6, 6.07) is 4.37. The topological polar surface area (TPSA) is 89.5 Å². The van der Waals surface area contributed by atoms with Crippen molar-refractivity contribution in [1.82, 2.24) is 5.32 Å². The molecule has 0 radical (unpaired) electrons. The second kappa shape index (κ2) is 7.71. The maximum atomic E-state index is 12.6. The minimum Gasteiger partial charge on any atom is -0.452 e. The Bertz CT molecular complexity index is 864. The van der Waals surface area contributed by atoms with E-state index in [-0.39, 0.29) is 23.5 Å². The van der Waals surface area contributed by atoms with E-state index in [0.29, 0.717) is 0 Å². The van der Waals surface area contributed by atoms with E-state index in [2.05, 4.69) is 5.32 Å². The number of rotatable bonds is 5. The molecule has 1 atom stereocenters. The molecule has 10 heteroatoms. The van der Waals surface area contributed by atoms with Crippen molar-refractivity contribution in [3.63, 3.8) is 0 Å². The van der Waals surface area contributed by atoms with E-state index in [1.807, 2.05) is 0 Å². The summed E-state index contributed by atoms with van der Waals surface area (Å²) >= 11 is 0. The van der Waals surface area contributed by atoms with Gasteiger partial charge in [-0.05, 0) is 37.1 Å². The van der Waals surface area contributed by atoms with Crippen LogP contribution in [0.5, 0.6) is 0 Å². The first-order chi connectivity index (χ1) is 12.4. The predicted molar refractivity (Wildman–Crippen MR) is 91.3 cm³/mol. The van der Waals surface area contributed by atoms with Crippen molar-refractivity contribution in [2.45, 2.75) is 25.1 Å². The zero-order valence-electron chi connectivity index (χ0n) is 14.4. The number of hydrogen-bond acceptors (Lipinski definition) is 5. The number of carbonyl (C=O) groups excluding carboxylic acids is 2. The Hall–Kier alpha value is -2.36. The number of nitrogens with one attached hydrogen (secondary N) is 1. The van der Waals surface area contributed by atoms with Gasteiger partial charge in [0.25, 0.3) is 5.91 Å². The van der Waals surface area contributed by atoms with Crippen LogP contribution in [0.2, 0.25) is 0 Å². The largest absolute Gasteiger partial charge is 0.452 e. The molecule has 1 aromatic carbocycles. The molecular formula is C17H18F3NO5S. The average molecular weight is 405 g/mol. The van der Waals surface area contributed by atoms with Gasteiger partial charge < -0.3 is 10.1 Å². The molecule has 1 N–H and O–H groups in total. The van der Waals surface area contributed by atoms with Crippen molar-refractivity contribution in [3.8, 4) is 0 Å². The smallest absolute Gasteiger partial charge is 0.416 e. The van der Waals surface area contributed by atoms with Gasteiger partial charge in [-0.1, -0.05) is 12.1 Å². The number of halogens is 3. The van der Waals surface area contributed by atoms with Crippen LogP contribution in [-0.2, 0) is 30.3 Å². The minimum absolute atomic E-state index is 0.0245. The van der Waals surface area contributed by atoms with Crippen molar-refractivity contribution in [3.05, 3.63) is 41.5 Å². The van der Waals surface area contributed by atoms with Gasteiger partial charge >= 0.3 is 12.1 Å². The zero-order valence-corrected chi connectivity index (χ0v) is 15.2. The fourth-order valence-electron chi connectivity index (χ4n) is 2.65. The quantitative estimate of drug-likeness (QED) is 0.598. The van der Waals surface area contributed by atoms with Gasteiger partial charge in [-0.25, -0.2) is 13.2 Å². The Kier molecular flexibility index (Phi) is 5.98. The van der Waals surface area contributed by atoms with E-state index in [9.17, 15) is 31.2 Å². The second-order valence-electron chi connectivity index (χ2n) is 6.52. The fourth-order valence-corrected chi connectivity index (χ4v) is 4.74. The van der Waals surface area contributed by atoms with E-state index in [1.165, 1.54) is 12.1 Å².